The Balaban J connectivity index is 1.27. The van der Waals surface area contributed by atoms with Crippen molar-refractivity contribution in [1.82, 2.24) is 4.98 Å². The van der Waals surface area contributed by atoms with E-state index in [4.69, 9.17) is 4.98 Å². The maximum Gasteiger partial charge on any atom is 0.124 e. The second-order valence-electron chi connectivity index (χ2n) is 12.1. The molecule has 0 unspecified atom stereocenters. The molecule has 3 heteroatoms. The number of hydrogen-bond donors (Lipinski definition) is 0. The first-order valence-electron chi connectivity index (χ1n) is 16.2. The van der Waals surface area contributed by atoms with E-state index in [9.17, 15) is 0 Å². The number of thiophene rings is 1. The zero-order chi connectivity index (χ0) is 31.9. The molecule has 48 heavy (non-hydrogen) atoms. The number of hydrogen-bond acceptors (Lipinski definition) is 3. The number of nitrogens with zero attached hydrogens (tertiary/aromatic N) is 2. The Hall–Kier alpha value is -6.03. The molecule has 0 amide bonds. The number of fused-ring (bicyclic) bond motifs is 4. The Bertz CT molecular complexity index is 2540. The molecule has 0 radical (unpaired) electrons. The second kappa shape index (κ2) is 12.0. The molecular formula is C45H30N2S. The van der Waals surface area contributed by atoms with Crippen LogP contribution in [0.25, 0.3) is 64.5 Å². The second-order valence-corrected chi connectivity index (χ2v) is 13.1. The Labute approximate surface area is 283 Å². The van der Waals surface area contributed by atoms with Gasteiger partial charge >= 0.3 is 0 Å². The lowest BCUT2D eigenvalue weighted by molar-refractivity contribution is 1.26. The SMILES string of the molecule is c1ccc(-c2ccc(N(c3cnc4sc5cc6ccccc6cc5c4c3)c3ccc(-c4ccccc4)cc3-c3ccccc3)cc2)cc1. The first kappa shape index (κ1) is 28.2. The van der Waals surface area contributed by atoms with Crippen LogP contribution in [-0.4, -0.2) is 4.98 Å². The van der Waals surface area contributed by atoms with Gasteiger partial charge in [0, 0.05) is 26.7 Å². The summed E-state index contributed by atoms with van der Waals surface area (Å²) in [5, 5.41) is 4.91. The summed E-state index contributed by atoms with van der Waals surface area (Å²) in [5.41, 5.74) is 10.3. The molecule has 0 N–H and O–H groups in total. The maximum absolute atomic E-state index is 5.09. The summed E-state index contributed by atoms with van der Waals surface area (Å²) in [5.74, 6) is 0. The van der Waals surface area contributed by atoms with Gasteiger partial charge < -0.3 is 4.90 Å². The van der Waals surface area contributed by atoms with Gasteiger partial charge in [-0.25, -0.2) is 4.98 Å². The van der Waals surface area contributed by atoms with Crippen molar-refractivity contribution >= 4 is 59.5 Å². The van der Waals surface area contributed by atoms with E-state index >= 15 is 0 Å². The molecule has 2 heterocycles. The Morgan fingerprint density at radius 2 is 0.979 bits per heavy atom. The molecule has 0 spiro atoms. The normalized spacial score (nSPS) is 11.3. The highest BCUT2D eigenvalue weighted by atomic mass is 32.1. The molecule has 0 bridgehead atoms. The van der Waals surface area contributed by atoms with Gasteiger partial charge in [-0.05, 0) is 81.1 Å². The van der Waals surface area contributed by atoms with E-state index in [-0.39, 0.29) is 0 Å². The number of aromatic nitrogens is 1. The highest BCUT2D eigenvalue weighted by molar-refractivity contribution is 7.25. The summed E-state index contributed by atoms with van der Waals surface area (Å²) in [4.78, 5) is 8.50. The van der Waals surface area contributed by atoms with Gasteiger partial charge in [0.1, 0.15) is 4.83 Å². The monoisotopic (exact) mass is 630 g/mol. The molecule has 9 aromatic rings. The summed E-state index contributed by atoms with van der Waals surface area (Å²) < 4.78 is 1.25. The van der Waals surface area contributed by atoms with Crippen molar-refractivity contribution in [2.45, 2.75) is 0 Å². The minimum Gasteiger partial charge on any atom is -0.308 e. The van der Waals surface area contributed by atoms with Crippen LogP contribution in [0.3, 0.4) is 0 Å². The summed E-state index contributed by atoms with van der Waals surface area (Å²) in [6.07, 6.45) is 2.03. The molecule has 0 aliphatic rings. The van der Waals surface area contributed by atoms with E-state index < -0.39 is 0 Å². The van der Waals surface area contributed by atoms with Gasteiger partial charge in [-0.2, -0.15) is 0 Å². The minimum absolute atomic E-state index is 1.02. The molecule has 7 aromatic carbocycles. The quantitative estimate of drug-likeness (QED) is 0.182. The predicted molar refractivity (Wildman–Crippen MR) is 206 cm³/mol. The van der Waals surface area contributed by atoms with Crippen LogP contribution < -0.4 is 4.90 Å². The summed E-state index contributed by atoms with van der Waals surface area (Å²) in [6, 6.07) is 63.1. The van der Waals surface area contributed by atoms with E-state index in [1.54, 1.807) is 11.3 Å². The standard InChI is InChI=1S/C45H30N2S/c1-4-12-31(13-5-1)33-20-23-38(24-21-33)47(39-29-42-41-27-35-18-10-11-19-36(35)28-44(41)48-45(42)46-30-39)43-25-22-37(32-14-6-2-7-15-32)26-40(43)34-16-8-3-9-17-34/h1-30H. The van der Waals surface area contributed by atoms with Crippen molar-refractivity contribution in [3.63, 3.8) is 0 Å². The van der Waals surface area contributed by atoms with Crippen molar-refractivity contribution < 1.29 is 0 Å². The largest absolute Gasteiger partial charge is 0.308 e. The zero-order valence-electron chi connectivity index (χ0n) is 26.1. The Morgan fingerprint density at radius 3 is 1.67 bits per heavy atom. The molecule has 9 rings (SSSR count). The van der Waals surface area contributed by atoms with Crippen molar-refractivity contribution in [3.8, 4) is 33.4 Å². The molecule has 2 aromatic heterocycles. The van der Waals surface area contributed by atoms with Crippen molar-refractivity contribution in [2.24, 2.45) is 0 Å². The van der Waals surface area contributed by atoms with Crippen LogP contribution in [0.15, 0.2) is 182 Å². The van der Waals surface area contributed by atoms with Crippen LogP contribution in [0.2, 0.25) is 0 Å². The van der Waals surface area contributed by atoms with Crippen LogP contribution in [0.5, 0.6) is 0 Å². The average molecular weight is 631 g/mol. The van der Waals surface area contributed by atoms with Crippen molar-refractivity contribution in [2.75, 3.05) is 4.90 Å². The lowest BCUT2D eigenvalue weighted by Gasteiger charge is -2.28. The van der Waals surface area contributed by atoms with E-state index in [2.05, 4.69) is 181 Å². The third kappa shape index (κ3) is 5.11. The topological polar surface area (TPSA) is 16.1 Å². The molecule has 2 nitrogen and oxygen atoms in total. The van der Waals surface area contributed by atoms with Gasteiger partial charge in [0.25, 0.3) is 0 Å². The molecular weight excluding hydrogens is 601 g/mol. The van der Waals surface area contributed by atoms with Gasteiger partial charge in [-0.15, -0.1) is 11.3 Å². The van der Waals surface area contributed by atoms with Gasteiger partial charge in [0.05, 0.1) is 17.6 Å². The molecule has 0 fully saturated rings. The fraction of sp³-hybridized carbons (Fsp3) is 0. The van der Waals surface area contributed by atoms with Crippen molar-refractivity contribution in [1.29, 1.82) is 0 Å². The fourth-order valence-corrected chi connectivity index (χ4v) is 7.76. The highest BCUT2D eigenvalue weighted by Gasteiger charge is 2.20. The van der Waals surface area contributed by atoms with Crippen LogP contribution in [0, 0.1) is 0 Å². The number of anilines is 3. The van der Waals surface area contributed by atoms with Crippen molar-refractivity contribution in [3.05, 3.63) is 182 Å². The molecule has 0 aliphatic heterocycles. The summed E-state index contributed by atoms with van der Waals surface area (Å²) in [6.45, 7) is 0. The maximum atomic E-state index is 5.09. The van der Waals surface area contributed by atoms with E-state index in [0.717, 1.165) is 33.0 Å². The molecule has 0 saturated carbocycles. The van der Waals surface area contributed by atoms with E-state index in [1.165, 1.54) is 48.5 Å². The number of benzene rings is 7. The van der Waals surface area contributed by atoms with Crippen LogP contribution in [0.4, 0.5) is 17.1 Å². The molecule has 0 saturated heterocycles. The van der Waals surface area contributed by atoms with Gasteiger partial charge in [0.15, 0.2) is 0 Å². The fourth-order valence-electron chi connectivity index (χ4n) is 6.71. The predicted octanol–water partition coefficient (Wildman–Crippen LogP) is 13.1. The number of pyridine rings is 1. The minimum atomic E-state index is 1.02. The molecule has 0 atom stereocenters. The van der Waals surface area contributed by atoms with Gasteiger partial charge in [0.2, 0.25) is 0 Å². The van der Waals surface area contributed by atoms with Crippen LogP contribution in [0.1, 0.15) is 0 Å². The average Bonchev–Trinajstić information content (AvgIpc) is 3.52. The van der Waals surface area contributed by atoms with E-state index in [1.807, 2.05) is 6.20 Å². The highest BCUT2D eigenvalue weighted by Crippen LogP contribution is 2.45. The first-order valence-corrected chi connectivity index (χ1v) is 17.0. The molecule has 226 valence electrons. The first-order chi connectivity index (χ1) is 23.8. The lowest BCUT2D eigenvalue weighted by atomic mass is 9.96. The molecule has 0 aliphatic carbocycles. The van der Waals surface area contributed by atoms with E-state index in [0.29, 0.717) is 0 Å². The Morgan fingerprint density at radius 1 is 0.417 bits per heavy atom. The smallest absolute Gasteiger partial charge is 0.124 e. The van der Waals surface area contributed by atoms with Gasteiger partial charge in [-0.1, -0.05) is 133 Å². The van der Waals surface area contributed by atoms with Gasteiger partial charge in [-0.3, -0.25) is 0 Å². The lowest BCUT2D eigenvalue weighted by Crippen LogP contribution is -2.11. The summed E-state index contributed by atoms with van der Waals surface area (Å²) >= 11 is 1.76. The zero-order valence-corrected chi connectivity index (χ0v) is 26.9. The third-order valence-electron chi connectivity index (χ3n) is 9.10. The summed E-state index contributed by atoms with van der Waals surface area (Å²) in [7, 11) is 0. The van der Waals surface area contributed by atoms with Crippen LogP contribution >= 0.6 is 11.3 Å². The van der Waals surface area contributed by atoms with Crippen LogP contribution in [-0.2, 0) is 0 Å². The number of rotatable bonds is 6. The Kier molecular flexibility index (Phi) is 7.03. The third-order valence-corrected chi connectivity index (χ3v) is 10.2.